The van der Waals surface area contributed by atoms with Crippen LogP contribution in [0.15, 0.2) is 42.5 Å². The van der Waals surface area contributed by atoms with Crippen molar-refractivity contribution in [2.24, 2.45) is 0 Å². The highest BCUT2D eigenvalue weighted by Gasteiger charge is 2.30. The smallest absolute Gasteiger partial charge is 0.372 e. The molecule has 5 heteroatoms. The van der Waals surface area contributed by atoms with E-state index in [1.165, 1.54) is 12.1 Å². The fourth-order valence-corrected chi connectivity index (χ4v) is 2.29. The number of ketones is 1. The van der Waals surface area contributed by atoms with E-state index in [1.54, 1.807) is 12.1 Å². The molecular formula is C16H11F3O2. The van der Waals surface area contributed by atoms with Crippen molar-refractivity contribution in [2.45, 2.75) is 19.4 Å². The average molecular weight is 292 g/mol. The first kappa shape index (κ1) is 13.8. The van der Waals surface area contributed by atoms with Gasteiger partial charge in [0.1, 0.15) is 0 Å². The number of benzene rings is 2. The number of hydrogen-bond donors (Lipinski definition) is 0. The fraction of sp³-hybridized carbons (Fsp3) is 0.188. The van der Waals surface area contributed by atoms with E-state index in [4.69, 9.17) is 4.74 Å². The zero-order valence-electron chi connectivity index (χ0n) is 10.9. The Morgan fingerprint density at radius 1 is 0.905 bits per heavy atom. The molecule has 0 unspecified atom stereocenters. The predicted octanol–water partition coefficient (Wildman–Crippen LogP) is 3.97. The van der Waals surface area contributed by atoms with Crippen LogP contribution < -0.4 is 0 Å². The normalized spacial score (nSPS) is 14.0. The number of carbonyl (C=O) groups excluding carboxylic acids is 1. The molecule has 0 bridgehead atoms. The Labute approximate surface area is 119 Å². The molecule has 0 spiro atoms. The lowest BCUT2D eigenvalue weighted by molar-refractivity contribution is -0.137. The van der Waals surface area contributed by atoms with Gasteiger partial charge < -0.3 is 4.74 Å². The summed E-state index contributed by atoms with van der Waals surface area (Å²) in [5, 5.41) is 0. The van der Waals surface area contributed by atoms with Gasteiger partial charge in [-0.1, -0.05) is 24.3 Å². The molecule has 0 aliphatic carbocycles. The molecule has 0 N–H and O–H groups in total. The standard InChI is InChI=1S/C16H11F3O2/c17-16(18,19)14-5-3-10(4-6-14)15(20)11-1-2-12-8-21-9-13(12)7-11/h1-7H,8-9H2. The van der Waals surface area contributed by atoms with E-state index in [9.17, 15) is 18.0 Å². The van der Waals surface area contributed by atoms with Gasteiger partial charge in [0.25, 0.3) is 0 Å². The predicted molar refractivity (Wildman–Crippen MR) is 69.8 cm³/mol. The highest BCUT2D eigenvalue weighted by Crippen LogP contribution is 2.29. The van der Waals surface area contributed by atoms with Crippen LogP contribution in [0.4, 0.5) is 13.2 Å². The monoisotopic (exact) mass is 292 g/mol. The van der Waals surface area contributed by atoms with E-state index in [0.717, 1.165) is 23.3 Å². The zero-order valence-corrected chi connectivity index (χ0v) is 10.9. The van der Waals surface area contributed by atoms with Crippen LogP contribution >= 0.6 is 0 Å². The van der Waals surface area contributed by atoms with Gasteiger partial charge in [0.05, 0.1) is 18.8 Å². The Morgan fingerprint density at radius 2 is 1.52 bits per heavy atom. The second-order valence-electron chi connectivity index (χ2n) is 4.88. The summed E-state index contributed by atoms with van der Waals surface area (Å²) < 4.78 is 42.8. The van der Waals surface area contributed by atoms with Crippen LogP contribution in [-0.2, 0) is 24.1 Å². The highest BCUT2D eigenvalue weighted by atomic mass is 19.4. The lowest BCUT2D eigenvalue weighted by Gasteiger charge is -2.08. The molecule has 2 nitrogen and oxygen atoms in total. The number of rotatable bonds is 2. The highest BCUT2D eigenvalue weighted by molar-refractivity contribution is 6.09. The van der Waals surface area contributed by atoms with Gasteiger partial charge in [0, 0.05) is 11.1 Å². The van der Waals surface area contributed by atoms with Crippen molar-refractivity contribution < 1.29 is 22.7 Å². The second-order valence-corrected chi connectivity index (χ2v) is 4.88. The number of alkyl halides is 3. The molecule has 1 aliphatic rings. The summed E-state index contributed by atoms with van der Waals surface area (Å²) in [6, 6.07) is 9.48. The van der Waals surface area contributed by atoms with Gasteiger partial charge in [-0.05, 0) is 29.3 Å². The molecule has 21 heavy (non-hydrogen) atoms. The average Bonchev–Trinajstić information content (AvgIpc) is 2.93. The Kier molecular flexibility index (Phi) is 3.29. The largest absolute Gasteiger partial charge is 0.416 e. The van der Waals surface area contributed by atoms with Crippen LogP contribution in [0.2, 0.25) is 0 Å². The molecule has 0 saturated heterocycles. The Bertz CT molecular complexity index is 688. The third-order valence-corrected chi connectivity index (χ3v) is 3.46. The molecule has 0 fully saturated rings. The molecule has 0 aromatic heterocycles. The van der Waals surface area contributed by atoms with Gasteiger partial charge in [0.2, 0.25) is 0 Å². The Hall–Kier alpha value is -2.14. The van der Waals surface area contributed by atoms with Crippen molar-refractivity contribution in [3.8, 4) is 0 Å². The molecule has 0 atom stereocenters. The first-order valence-corrected chi connectivity index (χ1v) is 6.36. The first-order chi connectivity index (χ1) is 9.95. The zero-order chi connectivity index (χ0) is 15.0. The molecule has 0 saturated carbocycles. The quantitative estimate of drug-likeness (QED) is 0.783. The summed E-state index contributed by atoms with van der Waals surface area (Å²) in [5.41, 5.74) is 1.93. The number of halogens is 3. The van der Waals surface area contributed by atoms with E-state index < -0.39 is 11.7 Å². The van der Waals surface area contributed by atoms with Gasteiger partial charge >= 0.3 is 6.18 Å². The molecule has 0 amide bonds. The van der Waals surface area contributed by atoms with Crippen molar-refractivity contribution in [1.82, 2.24) is 0 Å². The van der Waals surface area contributed by atoms with E-state index >= 15 is 0 Å². The molecule has 0 radical (unpaired) electrons. The second kappa shape index (κ2) is 5.00. The minimum Gasteiger partial charge on any atom is -0.372 e. The summed E-state index contributed by atoms with van der Waals surface area (Å²) in [4.78, 5) is 12.3. The van der Waals surface area contributed by atoms with Crippen molar-refractivity contribution >= 4 is 5.78 Å². The molecule has 1 aliphatic heterocycles. The minimum absolute atomic E-state index is 0.238. The van der Waals surface area contributed by atoms with Crippen LogP contribution in [-0.4, -0.2) is 5.78 Å². The molecule has 1 heterocycles. The first-order valence-electron chi connectivity index (χ1n) is 6.36. The topological polar surface area (TPSA) is 26.3 Å². The van der Waals surface area contributed by atoms with Crippen molar-refractivity contribution in [1.29, 1.82) is 0 Å². The SMILES string of the molecule is O=C(c1ccc(C(F)(F)F)cc1)c1ccc2c(c1)COC2. The third kappa shape index (κ3) is 2.69. The van der Waals surface area contributed by atoms with Gasteiger partial charge in [-0.15, -0.1) is 0 Å². The fourth-order valence-electron chi connectivity index (χ4n) is 2.29. The minimum atomic E-state index is -4.40. The maximum atomic E-state index is 12.5. The van der Waals surface area contributed by atoms with Crippen molar-refractivity contribution in [2.75, 3.05) is 0 Å². The van der Waals surface area contributed by atoms with Crippen LogP contribution in [0.5, 0.6) is 0 Å². The van der Waals surface area contributed by atoms with E-state index in [-0.39, 0.29) is 11.3 Å². The van der Waals surface area contributed by atoms with Crippen molar-refractivity contribution in [3.63, 3.8) is 0 Å². The van der Waals surface area contributed by atoms with Crippen LogP contribution in [0.1, 0.15) is 32.6 Å². The van der Waals surface area contributed by atoms with Gasteiger partial charge in [-0.3, -0.25) is 4.79 Å². The summed E-state index contributed by atoms with van der Waals surface area (Å²) in [7, 11) is 0. The van der Waals surface area contributed by atoms with Gasteiger partial charge in [-0.25, -0.2) is 0 Å². The number of carbonyl (C=O) groups is 1. The molecule has 2 aromatic carbocycles. The molecule has 108 valence electrons. The van der Waals surface area contributed by atoms with Crippen LogP contribution in [0.25, 0.3) is 0 Å². The van der Waals surface area contributed by atoms with E-state index in [1.807, 2.05) is 6.07 Å². The van der Waals surface area contributed by atoms with Gasteiger partial charge in [-0.2, -0.15) is 13.2 Å². The lowest BCUT2D eigenvalue weighted by Crippen LogP contribution is -2.07. The summed E-state index contributed by atoms with van der Waals surface area (Å²) in [6.45, 7) is 0.994. The van der Waals surface area contributed by atoms with E-state index in [0.29, 0.717) is 18.8 Å². The third-order valence-electron chi connectivity index (χ3n) is 3.46. The summed E-state index contributed by atoms with van der Waals surface area (Å²) in [5.74, 6) is -0.293. The molecule has 3 rings (SSSR count). The van der Waals surface area contributed by atoms with Gasteiger partial charge in [0.15, 0.2) is 5.78 Å². The number of hydrogen-bond acceptors (Lipinski definition) is 2. The molecular weight excluding hydrogens is 281 g/mol. The maximum absolute atomic E-state index is 12.5. The number of ether oxygens (including phenoxy) is 1. The lowest BCUT2D eigenvalue weighted by atomic mass is 9.98. The Balaban J connectivity index is 1.88. The van der Waals surface area contributed by atoms with Crippen molar-refractivity contribution in [3.05, 3.63) is 70.3 Å². The molecule has 2 aromatic rings. The van der Waals surface area contributed by atoms with E-state index in [2.05, 4.69) is 0 Å². The maximum Gasteiger partial charge on any atom is 0.416 e. The number of fused-ring (bicyclic) bond motifs is 1. The Morgan fingerprint density at radius 3 is 2.19 bits per heavy atom. The van der Waals surface area contributed by atoms with Crippen LogP contribution in [0, 0.1) is 0 Å². The summed E-state index contributed by atoms with van der Waals surface area (Å²) >= 11 is 0. The summed E-state index contributed by atoms with van der Waals surface area (Å²) in [6.07, 6.45) is -4.40. The van der Waals surface area contributed by atoms with Crippen LogP contribution in [0.3, 0.4) is 0 Å².